The fraction of sp³-hybridized carbons (Fsp3) is 0.744. The van der Waals surface area contributed by atoms with Gasteiger partial charge in [-0.3, -0.25) is 9.59 Å². The second-order valence-electron chi connectivity index (χ2n) is 17.0. The van der Waals surface area contributed by atoms with Crippen LogP contribution in [0.15, 0.2) is 42.5 Å². The summed E-state index contributed by atoms with van der Waals surface area (Å²) in [5.74, 6) is 2.87. The first-order valence-electron chi connectivity index (χ1n) is 17.4. The smallest absolute Gasteiger partial charge is 0.226 e. The molecule has 0 aliphatic heterocycles. The highest BCUT2D eigenvalue weighted by molar-refractivity contribution is 5.85. The maximum Gasteiger partial charge on any atom is 0.226 e. The van der Waals surface area contributed by atoms with Gasteiger partial charge in [-0.25, -0.2) is 0 Å². The Morgan fingerprint density at radius 1 is 0.930 bits per heavy atom. The lowest BCUT2D eigenvalue weighted by molar-refractivity contribution is -0.233. The van der Waals surface area contributed by atoms with E-state index in [4.69, 9.17) is 0 Å². The number of rotatable bonds is 6. The molecule has 0 saturated heterocycles. The van der Waals surface area contributed by atoms with Crippen molar-refractivity contribution < 1.29 is 14.7 Å². The third-order valence-corrected chi connectivity index (χ3v) is 15.1. The van der Waals surface area contributed by atoms with Gasteiger partial charge in [0, 0.05) is 11.8 Å². The molecule has 0 heterocycles. The molecular weight excluding hydrogens is 530 g/mol. The number of hydrogen-bond donors (Lipinski definition) is 2. The van der Waals surface area contributed by atoms with Crippen molar-refractivity contribution in [3.05, 3.63) is 48.0 Å². The summed E-state index contributed by atoms with van der Waals surface area (Å²) in [4.78, 5) is 27.6. The first kappa shape index (κ1) is 31.1. The van der Waals surface area contributed by atoms with E-state index in [1.54, 1.807) is 0 Å². The number of ketones is 1. The summed E-state index contributed by atoms with van der Waals surface area (Å²) >= 11 is 0. The molecule has 1 amide bonds. The lowest BCUT2D eigenvalue weighted by Crippen LogP contribution is -2.67. The summed E-state index contributed by atoms with van der Waals surface area (Å²) in [6.07, 6.45) is 11.1. The van der Waals surface area contributed by atoms with Gasteiger partial charge in [-0.1, -0.05) is 77.1 Å². The van der Waals surface area contributed by atoms with E-state index >= 15 is 0 Å². The van der Waals surface area contributed by atoms with Crippen LogP contribution in [0.1, 0.15) is 111 Å². The van der Waals surface area contributed by atoms with E-state index in [0.717, 1.165) is 50.5 Å². The van der Waals surface area contributed by atoms with E-state index in [2.05, 4.69) is 65.6 Å². The van der Waals surface area contributed by atoms with Gasteiger partial charge >= 0.3 is 0 Å². The van der Waals surface area contributed by atoms with Gasteiger partial charge in [0.25, 0.3) is 0 Å². The summed E-state index contributed by atoms with van der Waals surface area (Å²) < 4.78 is 0. The van der Waals surface area contributed by atoms with E-state index in [-0.39, 0.29) is 45.6 Å². The van der Waals surface area contributed by atoms with Crippen molar-refractivity contribution in [2.45, 2.75) is 118 Å². The Kier molecular flexibility index (Phi) is 7.63. The average Bonchev–Trinajstić information content (AvgIpc) is 3.37. The molecule has 5 aliphatic carbocycles. The Balaban J connectivity index is 1.32. The van der Waals surface area contributed by atoms with Crippen LogP contribution in [0.2, 0.25) is 0 Å². The number of aliphatic hydroxyl groups excluding tert-OH is 1. The molecule has 0 bridgehead atoms. The SMILES string of the molecule is C=C(C)[C@@H]1CC[C@]2(C(=O)N[C@H](CO)Cc3ccccc3)CC[C@]3(C)[C@H](CC[C@@H]4[C@@]5(C)CCC(=O)C(C)(C)[C@@H]5CC[C@]43C)[C@@H]12. The predicted molar refractivity (Wildman–Crippen MR) is 173 cm³/mol. The zero-order chi connectivity index (χ0) is 31.0. The Morgan fingerprint density at radius 2 is 1.65 bits per heavy atom. The molecule has 5 saturated carbocycles. The van der Waals surface area contributed by atoms with Crippen LogP contribution in [0.3, 0.4) is 0 Å². The first-order valence-corrected chi connectivity index (χ1v) is 17.4. The third kappa shape index (κ3) is 4.38. The van der Waals surface area contributed by atoms with Gasteiger partial charge in [0.15, 0.2) is 0 Å². The van der Waals surface area contributed by atoms with Crippen LogP contribution in [0.25, 0.3) is 0 Å². The lowest BCUT2D eigenvalue weighted by Gasteiger charge is -2.72. The molecule has 4 heteroatoms. The minimum absolute atomic E-state index is 0.0508. The molecule has 1 aromatic carbocycles. The van der Waals surface area contributed by atoms with Crippen molar-refractivity contribution in [2.24, 2.45) is 56.7 Å². The molecule has 5 fully saturated rings. The molecule has 5 aliphatic rings. The number of fused-ring (bicyclic) bond motifs is 7. The van der Waals surface area contributed by atoms with E-state index < -0.39 is 0 Å². The molecule has 236 valence electrons. The van der Waals surface area contributed by atoms with E-state index in [0.29, 0.717) is 41.8 Å². The fourth-order valence-corrected chi connectivity index (χ4v) is 12.7. The molecular formula is C39H57NO3. The topological polar surface area (TPSA) is 66.4 Å². The monoisotopic (exact) mass is 587 g/mol. The fourth-order valence-electron chi connectivity index (χ4n) is 12.7. The summed E-state index contributed by atoms with van der Waals surface area (Å²) in [7, 11) is 0. The van der Waals surface area contributed by atoms with Crippen LogP contribution in [0.5, 0.6) is 0 Å². The summed E-state index contributed by atoms with van der Waals surface area (Å²) in [6, 6.07) is 9.93. The molecule has 0 aromatic heterocycles. The molecule has 4 nitrogen and oxygen atoms in total. The van der Waals surface area contributed by atoms with Crippen LogP contribution < -0.4 is 5.32 Å². The Labute approximate surface area is 260 Å². The van der Waals surface area contributed by atoms with Crippen LogP contribution in [0.4, 0.5) is 0 Å². The number of benzene rings is 1. The number of amides is 1. The number of carbonyl (C=O) groups excluding carboxylic acids is 2. The summed E-state index contributed by atoms with van der Waals surface area (Å²) in [5, 5.41) is 13.7. The highest BCUT2D eigenvalue weighted by Crippen LogP contribution is 2.77. The van der Waals surface area contributed by atoms with E-state index in [9.17, 15) is 14.7 Å². The normalized spacial score (nSPS) is 43.9. The van der Waals surface area contributed by atoms with Crippen molar-refractivity contribution in [2.75, 3.05) is 6.61 Å². The third-order valence-electron chi connectivity index (χ3n) is 15.1. The zero-order valence-electron chi connectivity index (χ0n) is 27.8. The molecule has 0 unspecified atom stereocenters. The van der Waals surface area contributed by atoms with Gasteiger partial charge in [0.1, 0.15) is 5.78 Å². The van der Waals surface area contributed by atoms with Gasteiger partial charge in [0.2, 0.25) is 5.91 Å². The van der Waals surface area contributed by atoms with E-state index in [1.807, 2.05) is 18.2 Å². The molecule has 0 spiro atoms. The van der Waals surface area contributed by atoms with Gasteiger partial charge < -0.3 is 10.4 Å². The second-order valence-corrected chi connectivity index (χ2v) is 17.0. The number of allylic oxidation sites excluding steroid dienone is 1. The molecule has 0 radical (unpaired) electrons. The van der Waals surface area contributed by atoms with E-state index in [1.165, 1.54) is 24.8 Å². The number of carbonyl (C=O) groups is 2. The summed E-state index contributed by atoms with van der Waals surface area (Å²) in [6.45, 7) is 18.9. The van der Waals surface area contributed by atoms with Crippen molar-refractivity contribution in [3.8, 4) is 0 Å². The Hall–Kier alpha value is -1.94. The van der Waals surface area contributed by atoms with Gasteiger partial charge in [-0.15, -0.1) is 0 Å². The number of Topliss-reactive ketones (excluding diaryl/α,β-unsaturated/α-hetero) is 1. The van der Waals surface area contributed by atoms with Crippen molar-refractivity contribution in [3.63, 3.8) is 0 Å². The van der Waals surface area contributed by atoms with Crippen LogP contribution in [-0.2, 0) is 16.0 Å². The number of aliphatic hydroxyl groups is 1. The Morgan fingerprint density at radius 3 is 2.33 bits per heavy atom. The highest BCUT2D eigenvalue weighted by Gasteiger charge is 2.71. The second kappa shape index (κ2) is 10.6. The van der Waals surface area contributed by atoms with Crippen molar-refractivity contribution in [1.29, 1.82) is 0 Å². The van der Waals surface area contributed by atoms with Gasteiger partial charge in [-0.2, -0.15) is 0 Å². The average molecular weight is 588 g/mol. The molecule has 43 heavy (non-hydrogen) atoms. The Bertz CT molecular complexity index is 1270. The van der Waals surface area contributed by atoms with Crippen molar-refractivity contribution in [1.82, 2.24) is 5.32 Å². The summed E-state index contributed by atoms with van der Waals surface area (Å²) in [5.41, 5.74) is 2.31. The minimum Gasteiger partial charge on any atom is -0.394 e. The molecule has 2 N–H and O–H groups in total. The minimum atomic E-state index is -0.387. The quantitative estimate of drug-likeness (QED) is 0.332. The van der Waals surface area contributed by atoms with Gasteiger partial charge in [-0.05, 0) is 123 Å². The number of hydrogen-bond acceptors (Lipinski definition) is 3. The predicted octanol–water partition coefficient (Wildman–Crippen LogP) is 7.93. The standard InChI is InChI=1S/C39H57NO3/c1-25(2)28-15-20-39(34(43)40-27(24-41)23-26-11-9-8-10-12-26)22-21-37(6)29(33(28)39)13-14-31-36(5)18-17-32(42)35(3,4)30(36)16-19-38(31,37)7/h8-12,27-31,33,41H,1,13-24H2,2-7H3,(H,40,43)/t27-,28-,29+,30-,31+,33+,36-,37+,38+,39-/m0/s1. The first-order chi connectivity index (χ1) is 20.2. The number of nitrogens with one attached hydrogen (secondary N) is 1. The highest BCUT2D eigenvalue weighted by atomic mass is 16.3. The van der Waals surface area contributed by atoms with Crippen LogP contribution in [0, 0.1) is 56.7 Å². The molecule has 1 aromatic rings. The molecule has 10 atom stereocenters. The molecule has 6 rings (SSSR count). The maximum atomic E-state index is 14.5. The van der Waals surface area contributed by atoms with Crippen molar-refractivity contribution >= 4 is 11.7 Å². The largest absolute Gasteiger partial charge is 0.394 e. The van der Waals surface area contributed by atoms with Gasteiger partial charge in [0.05, 0.1) is 18.1 Å². The zero-order valence-corrected chi connectivity index (χ0v) is 27.8. The maximum absolute atomic E-state index is 14.5. The lowest BCUT2D eigenvalue weighted by atomic mass is 9.32. The van der Waals surface area contributed by atoms with Crippen LogP contribution in [-0.4, -0.2) is 29.4 Å². The van der Waals surface area contributed by atoms with Crippen LogP contribution >= 0.6 is 0 Å².